The number of aryl methyl sites for hydroxylation is 1. The average molecular weight is 386 g/mol. The highest BCUT2D eigenvalue weighted by atomic mass is 16.1. The lowest BCUT2D eigenvalue weighted by Crippen LogP contribution is -2.37. The van der Waals surface area contributed by atoms with E-state index in [-0.39, 0.29) is 5.91 Å². The minimum absolute atomic E-state index is 0.0412. The number of carbonyl (C=O) groups is 1. The molecule has 1 fully saturated rings. The molecule has 0 saturated carbocycles. The normalized spacial score (nSPS) is 15.3. The Kier molecular flexibility index (Phi) is 4.68. The smallest absolute Gasteiger partial charge is 0.253 e. The number of benzene rings is 2. The monoisotopic (exact) mass is 386 g/mol. The van der Waals surface area contributed by atoms with Gasteiger partial charge in [0, 0.05) is 48.0 Å². The Morgan fingerprint density at radius 1 is 1.03 bits per heavy atom. The van der Waals surface area contributed by atoms with Crippen LogP contribution in [0.3, 0.4) is 0 Å². The van der Waals surface area contributed by atoms with E-state index in [0.717, 1.165) is 52.3 Å². The predicted molar refractivity (Wildman–Crippen MR) is 118 cm³/mol. The molecular formula is C24H26N4O. The van der Waals surface area contributed by atoms with Crippen molar-refractivity contribution < 1.29 is 4.79 Å². The first-order valence-corrected chi connectivity index (χ1v) is 10.5. The zero-order valence-electron chi connectivity index (χ0n) is 16.8. The van der Waals surface area contributed by atoms with Crippen LogP contribution in [-0.4, -0.2) is 46.5 Å². The van der Waals surface area contributed by atoms with Gasteiger partial charge in [0.05, 0.1) is 16.6 Å². The zero-order chi connectivity index (χ0) is 19.8. The molecule has 5 nitrogen and oxygen atoms in total. The van der Waals surface area contributed by atoms with E-state index in [1.165, 1.54) is 19.3 Å². The van der Waals surface area contributed by atoms with Gasteiger partial charge in [0.1, 0.15) is 0 Å². The topological polar surface area (TPSA) is 50.2 Å². The van der Waals surface area contributed by atoms with Gasteiger partial charge < -0.3 is 14.8 Å². The first-order chi connectivity index (χ1) is 14.2. The molecule has 148 valence electrons. The SMILES string of the molecule is Cn1c2ccccc2c2cc(C(=O)NCCN3CCCCC3)c3ncccc3c21. The van der Waals surface area contributed by atoms with Crippen LogP contribution >= 0.6 is 0 Å². The van der Waals surface area contributed by atoms with E-state index < -0.39 is 0 Å². The third kappa shape index (κ3) is 3.15. The van der Waals surface area contributed by atoms with Crippen molar-refractivity contribution in [2.75, 3.05) is 26.2 Å². The van der Waals surface area contributed by atoms with Crippen molar-refractivity contribution in [2.24, 2.45) is 7.05 Å². The van der Waals surface area contributed by atoms with Crippen molar-refractivity contribution in [2.45, 2.75) is 19.3 Å². The summed E-state index contributed by atoms with van der Waals surface area (Å²) in [6, 6.07) is 14.4. The van der Waals surface area contributed by atoms with Crippen LogP contribution in [0.4, 0.5) is 0 Å². The fourth-order valence-electron chi connectivity index (χ4n) is 4.70. The number of hydrogen-bond acceptors (Lipinski definition) is 3. The summed E-state index contributed by atoms with van der Waals surface area (Å²) in [6.07, 6.45) is 5.62. The van der Waals surface area contributed by atoms with Crippen LogP contribution in [0.5, 0.6) is 0 Å². The number of fused-ring (bicyclic) bond motifs is 5. The maximum Gasteiger partial charge on any atom is 0.253 e. The highest BCUT2D eigenvalue weighted by Gasteiger charge is 2.18. The predicted octanol–water partition coefficient (Wildman–Crippen LogP) is 4.10. The van der Waals surface area contributed by atoms with Crippen molar-refractivity contribution in [3.63, 3.8) is 0 Å². The third-order valence-electron chi connectivity index (χ3n) is 6.16. The van der Waals surface area contributed by atoms with Crippen molar-refractivity contribution in [1.82, 2.24) is 19.8 Å². The average Bonchev–Trinajstić information content (AvgIpc) is 3.06. The fourth-order valence-corrected chi connectivity index (χ4v) is 4.70. The van der Waals surface area contributed by atoms with E-state index >= 15 is 0 Å². The van der Waals surface area contributed by atoms with E-state index in [1.54, 1.807) is 6.20 Å². The minimum Gasteiger partial charge on any atom is -0.351 e. The van der Waals surface area contributed by atoms with Crippen LogP contribution in [0.25, 0.3) is 32.7 Å². The molecule has 0 aliphatic carbocycles. The largest absolute Gasteiger partial charge is 0.351 e. The fraction of sp³-hybridized carbons (Fsp3) is 0.333. The maximum atomic E-state index is 13.1. The lowest BCUT2D eigenvalue weighted by atomic mass is 10.0. The Bertz CT molecular complexity index is 1200. The molecular weight excluding hydrogens is 360 g/mol. The van der Waals surface area contributed by atoms with Gasteiger partial charge in [-0.15, -0.1) is 0 Å². The number of piperidine rings is 1. The van der Waals surface area contributed by atoms with Crippen LogP contribution in [0.1, 0.15) is 29.6 Å². The summed E-state index contributed by atoms with van der Waals surface area (Å²) < 4.78 is 2.20. The lowest BCUT2D eigenvalue weighted by Gasteiger charge is -2.26. The summed E-state index contributed by atoms with van der Waals surface area (Å²) in [6.45, 7) is 3.86. The molecule has 0 radical (unpaired) electrons. The van der Waals surface area contributed by atoms with Gasteiger partial charge in [0.2, 0.25) is 0 Å². The Morgan fingerprint density at radius 3 is 2.69 bits per heavy atom. The second-order valence-electron chi connectivity index (χ2n) is 7.95. The van der Waals surface area contributed by atoms with Gasteiger partial charge in [0.25, 0.3) is 5.91 Å². The molecule has 1 aliphatic rings. The third-order valence-corrected chi connectivity index (χ3v) is 6.16. The summed E-state index contributed by atoms with van der Waals surface area (Å²) in [7, 11) is 2.08. The van der Waals surface area contributed by atoms with Gasteiger partial charge in [-0.1, -0.05) is 24.6 Å². The molecule has 0 bridgehead atoms. The number of hydrogen-bond donors (Lipinski definition) is 1. The number of para-hydroxylation sites is 1. The number of carbonyl (C=O) groups excluding carboxylic acids is 1. The Balaban J connectivity index is 1.54. The zero-order valence-corrected chi connectivity index (χ0v) is 16.8. The van der Waals surface area contributed by atoms with Crippen molar-refractivity contribution in [1.29, 1.82) is 0 Å². The summed E-state index contributed by atoms with van der Waals surface area (Å²) >= 11 is 0. The van der Waals surface area contributed by atoms with Crippen molar-refractivity contribution >= 4 is 38.6 Å². The summed E-state index contributed by atoms with van der Waals surface area (Å²) in [5.41, 5.74) is 3.71. The van der Waals surface area contributed by atoms with Crippen LogP contribution in [0.2, 0.25) is 0 Å². The summed E-state index contributed by atoms with van der Waals surface area (Å²) in [4.78, 5) is 20.1. The standard InChI is InChI=1S/C24H26N4O/c1-27-21-10-4-3-8-17(21)19-16-20(22-18(23(19)27)9-7-11-25-22)24(29)26-12-15-28-13-5-2-6-14-28/h3-4,7-11,16H,2,5-6,12-15H2,1H3,(H,26,29). The number of rotatable bonds is 4. The molecule has 2 aromatic heterocycles. The Labute approximate surface area is 170 Å². The number of amides is 1. The van der Waals surface area contributed by atoms with Gasteiger partial charge >= 0.3 is 0 Å². The van der Waals surface area contributed by atoms with E-state index in [1.807, 2.05) is 18.2 Å². The van der Waals surface area contributed by atoms with Gasteiger partial charge in [-0.25, -0.2) is 0 Å². The second kappa shape index (κ2) is 7.48. The molecule has 0 atom stereocenters. The molecule has 1 aliphatic heterocycles. The molecule has 1 saturated heterocycles. The Hall–Kier alpha value is -2.92. The van der Waals surface area contributed by atoms with Crippen LogP contribution in [0, 0.1) is 0 Å². The quantitative estimate of drug-likeness (QED) is 0.575. The van der Waals surface area contributed by atoms with Crippen molar-refractivity contribution in [3.05, 3.63) is 54.2 Å². The first kappa shape index (κ1) is 18.1. The molecule has 3 heterocycles. The van der Waals surface area contributed by atoms with E-state index in [2.05, 4.69) is 51.1 Å². The number of likely N-dealkylation sites (tertiary alicyclic amines) is 1. The molecule has 4 aromatic rings. The molecule has 1 amide bonds. The van der Waals surface area contributed by atoms with Crippen molar-refractivity contribution in [3.8, 4) is 0 Å². The highest BCUT2D eigenvalue weighted by molar-refractivity contribution is 6.21. The molecule has 0 spiro atoms. The molecule has 5 rings (SSSR count). The Morgan fingerprint density at radius 2 is 1.83 bits per heavy atom. The molecule has 5 heteroatoms. The first-order valence-electron chi connectivity index (χ1n) is 10.5. The summed E-state index contributed by atoms with van der Waals surface area (Å²) in [5.74, 6) is -0.0412. The maximum absolute atomic E-state index is 13.1. The van der Waals surface area contributed by atoms with Crippen LogP contribution < -0.4 is 5.32 Å². The number of pyridine rings is 1. The second-order valence-corrected chi connectivity index (χ2v) is 7.95. The number of aromatic nitrogens is 2. The molecule has 1 N–H and O–H groups in total. The molecule has 29 heavy (non-hydrogen) atoms. The lowest BCUT2D eigenvalue weighted by molar-refractivity contribution is 0.0948. The van der Waals surface area contributed by atoms with Gasteiger partial charge in [-0.3, -0.25) is 9.78 Å². The van der Waals surface area contributed by atoms with Crippen LogP contribution in [-0.2, 0) is 7.05 Å². The highest BCUT2D eigenvalue weighted by Crippen LogP contribution is 2.34. The molecule has 0 unspecified atom stereocenters. The number of nitrogens with zero attached hydrogens (tertiary/aromatic N) is 3. The van der Waals surface area contributed by atoms with Gasteiger partial charge in [-0.05, 0) is 50.2 Å². The van der Waals surface area contributed by atoms with Gasteiger partial charge in [0.15, 0.2) is 0 Å². The van der Waals surface area contributed by atoms with E-state index in [9.17, 15) is 4.79 Å². The van der Waals surface area contributed by atoms with Crippen LogP contribution in [0.15, 0.2) is 48.7 Å². The van der Waals surface area contributed by atoms with E-state index in [0.29, 0.717) is 12.1 Å². The van der Waals surface area contributed by atoms with Gasteiger partial charge in [-0.2, -0.15) is 0 Å². The van der Waals surface area contributed by atoms with E-state index in [4.69, 9.17) is 0 Å². The molecule has 2 aromatic carbocycles. The number of nitrogens with one attached hydrogen (secondary N) is 1. The summed E-state index contributed by atoms with van der Waals surface area (Å²) in [5, 5.41) is 6.42. The minimum atomic E-state index is -0.0412.